The van der Waals surface area contributed by atoms with Gasteiger partial charge in [-0.2, -0.15) is 0 Å². The van der Waals surface area contributed by atoms with Crippen LogP contribution in [-0.4, -0.2) is 38.7 Å². The molecule has 1 aliphatic carbocycles. The number of carbonyl (C=O) groups is 2. The third kappa shape index (κ3) is 6.01. The van der Waals surface area contributed by atoms with Gasteiger partial charge >= 0.3 is 5.97 Å². The first-order valence-corrected chi connectivity index (χ1v) is 9.30. The van der Waals surface area contributed by atoms with E-state index in [1.165, 1.54) is 12.5 Å². The number of methoxy groups -OCH3 is 2. The molecular weight excluding hydrogens is 346 g/mol. The molecular formula is C21H29NO5. The zero-order valence-corrected chi connectivity index (χ0v) is 16.5. The zero-order valence-electron chi connectivity index (χ0n) is 16.5. The summed E-state index contributed by atoms with van der Waals surface area (Å²) in [6.07, 6.45) is 6.19. The van der Waals surface area contributed by atoms with Gasteiger partial charge < -0.3 is 19.5 Å². The monoisotopic (exact) mass is 375 g/mol. The van der Waals surface area contributed by atoms with E-state index in [0.29, 0.717) is 23.3 Å². The van der Waals surface area contributed by atoms with E-state index < -0.39 is 5.97 Å². The topological polar surface area (TPSA) is 73.9 Å². The summed E-state index contributed by atoms with van der Waals surface area (Å²) in [6.45, 7) is 4.10. The van der Waals surface area contributed by atoms with Gasteiger partial charge in [0.25, 0.3) is 5.91 Å². The Kier molecular flexibility index (Phi) is 7.70. The molecule has 1 aliphatic rings. The second-order valence-electron chi connectivity index (χ2n) is 7.00. The van der Waals surface area contributed by atoms with Crippen LogP contribution in [-0.2, 0) is 14.3 Å². The molecule has 1 saturated carbocycles. The van der Waals surface area contributed by atoms with Crippen LogP contribution < -0.4 is 14.8 Å². The molecule has 1 aromatic carbocycles. The maximum absolute atomic E-state index is 12.1. The van der Waals surface area contributed by atoms with Crippen molar-refractivity contribution >= 4 is 18.0 Å². The predicted molar refractivity (Wildman–Crippen MR) is 104 cm³/mol. The minimum absolute atomic E-state index is 0.155. The van der Waals surface area contributed by atoms with Gasteiger partial charge in [0.2, 0.25) is 0 Å². The van der Waals surface area contributed by atoms with E-state index in [9.17, 15) is 9.59 Å². The van der Waals surface area contributed by atoms with Gasteiger partial charge in [-0.25, -0.2) is 4.79 Å². The first-order valence-electron chi connectivity index (χ1n) is 9.30. The Morgan fingerprint density at radius 1 is 1.15 bits per heavy atom. The van der Waals surface area contributed by atoms with E-state index in [1.807, 2.05) is 0 Å². The lowest BCUT2D eigenvalue weighted by Crippen LogP contribution is -2.45. The number of carbonyl (C=O) groups excluding carboxylic acids is 2. The molecule has 148 valence electrons. The number of rotatable bonds is 7. The standard InChI is InChI=1S/C21H29NO5/c1-14-6-5-7-17(15(14)2)22-20(23)13-27-21(24)11-9-16-8-10-18(25-3)19(12-16)26-4/h8-12,14-15,17H,5-7,13H2,1-4H3,(H,22,23)/b11-9+/t14-,15+,17+/m1/s1. The lowest BCUT2D eigenvalue weighted by atomic mass is 9.78. The molecule has 6 nitrogen and oxygen atoms in total. The predicted octanol–water partition coefficient (Wildman–Crippen LogP) is 3.20. The SMILES string of the molecule is COc1ccc(/C=C/C(=O)OCC(=O)N[C@H]2CCC[C@@H](C)[C@@H]2C)cc1OC. The van der Waals surface area contributed by atoms with Gasteiger partial charge in [0.15, 0.2) is 18.1 Å². The molecule has 0 saturated heterocycles. The number of hydrogen-bond acceptors (Lipinski definition) is 5. The summed E-state index contributed by atoms with van der Waals surface area (Å²) in [5, 5.41) is 2.99. The second kappa shape index (κ2) is 10.00. The van der Waals surface area contributed by atoms with Crippen LogP contribution >= 0.6 is 0 Å². The van der Waals surface area contributed by atoms with Gasteiger partial charge in [-0.3, -0.25) is 4.79 Å². The average molecular weight is 375 g/mol. The molecule has 2 rings (SSSR count). The molecule has 27 heavy (non-hydrogen) atoms. The average Bonchev–Trinajstić information content (AvgIpc) is 2.68. The molecule has 0 radical (unpaired) electrons. The molecule has 0 aliphatic heterocycles. The van der Waals surface area contributed by atoms with Crippen molar-refractivity contribution in [3.05, 3.63) is 29.8 Å². The highest BCUT2D eigenvalue weighted by Gasteiger charge is 2.28. The van der Waals surface area contributed by atoms with Gasteiger partial charge in [0, 0.05) is 12.1 Å². The molecule has 0 heterocycles. The van der Waals surface area contributed by atoms with Gasteiger partial charge in [-0.1, -0.05) is 32.8 Å². The fourth-order valence-electron chi connectivity index (χ4n) is 3.34. The second-order valence-corrected chi connectivity index (χ2v) is 7.00. The van der Waals surface area contributed by atoms with Crippen molar-refractivity contribution in [2.45, 2.75) is 39.2 Å². The van der Waals surface area contributed by atoms with Crippen LogP contribution in [0.1, 0.15) is 38.7 Å². The minimum atomic E-state index is -0.565. The summed E-state index contributed by atoms with van der Waals surface area (Å²) in [5.41, 5.74) is 0.763. The molecule has 1 fully saturated rings. The Morgan fingerprint density at radius 3 is 2.59 bits per heavy atom. The van der Waals surface area contributed by atoms with Crippen LogP contribution in [0.2, 0.25) is 0 Å². The smallest absolute Gasteiger partial charge is 0.331 e. The van der Waals surface area contributed by atoms with Gasteiger partial charge in [0.05, 0.1) is 14.2 Å². The van der Waals surface area contributed by atoms with Crippen LogP contribution in [0, 0.1) is 11.8 Å². The van der Waals surface area contributed by atoms with Crippen LogP contribution in [0.3, 0.4) is 0 Å². The first-order chi connectivity index (χ1) is 12.9. The van der Waals surface area contributed by atoms with Crippen LogP contribution in [0.15, 0.2) is 24.3 Å². The lowest BCUT2D eigenvalue weighted by molar-refractivity contribution is -0.144. The summed E-state index contributed by atoms with van der Waals surface area (Å²) in [4.78, 5) is 23.9. The molecule has 0 aromatic heterocycles. The minimum Gasteiger partial charge on any atom is -0.493 e. The molecule has 1 N–H and O–H groups in total. The Labute approximate surface area is 160 Å². The van der Waals surface area contributed by atoms with Crippen molar-refractivity contribution < 1.29 is 23.8 Å². The molecule has 1 amide bonds. The fraction of sp³-hybridized carbons (Fsp3) is 0.524. The highest BCUT2D eigenvalue weighted by molar-refractivity contribution is 5.89. The summed E-state index contributed by atoms with van der Waals surface area (Å²) >= 11 is 0. The van der Waals surface area contributed by atoms with Crippen LogP contribution in [0.25, 0.3) is 6.08 Å². The summed E-state index contributed by atoms with van der Waals surface area (Å²) < 4.78 is 15.4. The van der Waals surface area contributed by atoms with Crippen molar-refractivity contribution in [3.8, 4) is 11.5 Å². The Bertz CT molecular complexity index is 685. The third-order valence-electron chi connectivity index (χ3n) is 5.22. The Hall–Kier alpha value is -2.50. The highest BCUT2D eigenvalue weighted by atomic mass is 16.5. The third-order valence-corrected chi connectivity index (χ3v) is 5.22. The Morgan fingerprint density at radius 2 is 1.89 bits per heavy atom. The van der Waals surface area contributed by atoms with Crippen molar-refractivity contribution in [1.82, 2.24) is 5.32 Å². The first kappa shape index (κ1) is 20.8. The Balaban J connectivity index is 1.81. The molecule has 3 atom stereocenters. The number of hydrogen-bond donors (Lipinski definition) is 1. The number of esters is 1. The van der Waals surface area contributed by atoms with Gasteiger partial charge in [0.1, 0.15) is 0 Å². The van der Waals surface area contributed by atoms with Crippen molar-refractivity contribution in [3.63, 3.8) is 0 Å². The van der Waals surface area contributed by atoms with E-state index in [-0.39, 0.29) is 18.6 Å². The molecule has 0 bridgehead atoms. The number of amides is 1. The maximum Gasteiger partial charge on any atom is 0.331 e. The molecule has 6 heteroatoms. The van der Waals surface area contributed by atoms with Gasteiger partial charge in [-0.05, 0) is 42.0 Å². The van der Waals surface area contributed by atoms with Crippen LogP contribution in [0.5, 0.6) is 11.5 Å². The quantitative estimate of drug-likeness (QED) is 0.585. The number of benzene rings is 1. The van der Waals surface area contributed by atoms with E-state index in [1.54, 1.807) is 38.5 Å². The van der Waals surface area contributed by atoms with E-state index >= 15 is 0 Å². The van der Waals surface area contributed by atoms with Crippen molar-refractivity contribution in [2.24, 2.45) is 11.8 Å². The van der Waals surface area contributed by atoms with E-state index in [4.69, 9.17) is 14.2 Å². The van der Waals surface area contributed by atoms with Crippen LogP contribution in [0.4, 0.5) is 0 Å². The fourth-order valence-corrected chi connectivity index (χ4v) is 3.34. The number of ether oxygens (including phenoxy) is 3. The largest absolute Gasteiger partial charge is 0.493 e. The van der Waals surface area contributed by atoms with E-state index in [2.05, 4.69) is 19.2 Å². The molecule has 1 aromatic rings. The van der Waals surface area contributed by atoms with Gasteiger partial charge in [-0.15, -0.1) is 0 Å². The highest BCUT2D eigenvalue weighted by Crippen LogP contribution is 2.29. The number of nitrogens with one attached hydrogen (secondary N) is 1. The normalized spacial score (nSPS) is 22.3. The molecule has 0 unspecified atom stereocenters. The zero-order chi connectivity index (χ0) is 19.8. The summed E-state index contributed by atoms with van der Waals surface area (Å²) in [7, 11) is 3.11. The van der Waals surface area contributed by atoms with Crippen molar-refractivity contribution in [2.75, 3.05) is 20.8 Å². The summed E-state index contributed by atoms with van der Waals surface area (Å²) in [6, 6.07) is 5.45. The van der Waals surface area contributed by atoms with E-state index in [0.717, 1.165) is 18.4 Å². The molecule has 0 spiro atoms. The summed E-state index contributed by atoms with van der Waals surface area (Å²) in [5.74, 6) is 1.39. The van der Waals surface area contributed by atoms with Crippen molar-refractivity contribution in [1.29, 1.82) is 0 Å². The maximum atomic E-state index is 12.1. The lowest BCUT2D eigenvalue weighted by Gasteiger charge is -2.34.